The molecule has 8 heteroatoms. The third kappa shape index (κ3) is 4.95. The Labute approximate surface area is 161 Å². The molecule has 1 aliphatic heterocycles. The number of hydrogen-bond donors (Lipinski definition) is 1. The van der Waals surface area contributed by atoms with Crippen LogP contribution in [0.3, 0.4) is 0 Å². The molecule has 1 heterocycles. The molecule has 27 heavy (non-hydrogen) atoms. The summed E-state index contributed by atoms with van der Waals surface area (Å²) < 4.78 is 50.1. The average molecular weight is 409 g/mol. The molecular formula is C19H24N2O4S2. The van der Waals surface area contributed by atoms with E-state index in [0.29, 0.717) is 19.0 Å². The number of nitrogens with two attached hydrogens (primary N) is 1. The minimum Gasteiger partial charge on any atom is -0.225 e. The van der Waals surface area contributed by atoms with Crippen molar-refractivity contribution in [1.29, 1.82) is 0 Å². The second-order valence-electron chi connectivity index (χ2n) is 6.89. The molecule has 1 saturated heterocycles. The molecule has 0 bridgehead atoms. The number of hydrogen-bond acceptors (Lipinski definition) is 4. The molecular weight excluding hydrogens is 384 g/mol. The second-order valence-corrected chi connectivity index (χ2v) is 10.4. The van der Waals surface area contributed by atoms with E-state index in [0.717, 1.165) is 31.7 Å². The Bertz CT molecular complexity index is 981. The average Bonchev–Trinajstić information content (AvgIpc) is 2.67. The lowest BCUT2D eigenvalue weighted by atomic mass is 9.91. The molecule has 2 N–H and O–H groups in total. The van der Waals surface area contributed by atoms with Gasteiger partial charge in [0, 0.05) is 13.1 Å². The summed E-state index contributed by atoms with van der Waals surface area (Å²) in [4.78, 5) is -0.224. The monoisotopic (exact) mass is 408 g/mol. The van der Waals surface area contributed by atoms with Gasteiger partial charge in [-0.1, -0.05) is 36.4 Å². The molecule has 3 rings (SSSR count). The minimum absolute atomic E-state index is 0.0308. The molecule has 6 nitrogen and oxygen atoms in total. The van der Waals surface area contributed by atoms with Crippen molar-refractivity contribution in [2.45, 2.75) is 35.5 Å². The first kappa shape index (κ1) is 20.0. The van der Waals surface area contributed by atoms with Gasteiger partial charge in [-0.2, -0.15) is 4.31 Å². The summed E-state index contributed by atoms with van der Waals surface area (Å²) in [5.74, 6) is 0.493. The van der Waals surface area contributed by atoms with Crippen molar-refractivity contribution in [3.8, 4) is 0 Å². The van der Waals surface area contributed by atoms with E-state index in [4.69, 9.17) is 5.14 Å². The fraction of sp³-hybridized carbons (Fsp3) is 0.368. The summed E-state index contributed by atoms with van der Waals surface area (Å²) in [7, 11) is -7.66. The summed E-state index contributed by atoms with van der Waals surface area (Å²) in [5, 5.41) is 5.11. The lowest BCUT2D eigenvalue weighted by molar-refractivity contribution is 0.263. The highest BCUT2D eigenvalue weighted by atomic mass is 32.2. The number of piperidine rings is 1. The molecule has 1 aliphatic rings. The molecule has 0 aromatic heterocycles. The lowest BCUT2D eigenvalue weighted by Gasteiger charge is -2.31. The maximum atomic E-state index is 12.8. The van der Waals surface area contributed by atoms with E-state index in [2.05, 4.69) is 12.1 Å². The molecule has 2 aromatic rings. The topological polar surface area (TPSA) is 97.5 Å². The Hall–Kier alpha value is -1.74. The van der Waals surface area contributed by atoms with E-state index >= 15 is 0 Å². The molecule has 0 amide bonds. The molecule has 2 aromatic carbocycles. The summed E-state index contributed by atoms with van der Waals surface area (Å²) >= 11 is 0. The number of aryl methyl sites for hydroxylation is 1. The highest BCUT2D eigenvalue weighted by Crippen LogP contribution is 2.27. The zero-order chi connectivity index (χ0) is 19.5. The van der Waals surface area contributed by atoms with Crippen molar-refractivity contribution < 1.29 is 16.8 Å². The maximum Gasteiger partial charge on any atom is 0.243 e. The van der Waals surface area contributed by atoms with Crippen LogP contribution in [0, 0.1) is 5.92 Å². The van der Waals surface area contributed by atoms with Gasteiger partial charge in [-0.05, 0) is 55.4 Å². The summed E-state index contributed by atoms with van der Waals surface area (Å²) in [5.41, 5.74) is 1.30. The third-order valence-corrected chi connectivity index (χ3v) is 7.84. The van der Waals surface area contributed by atoms with Crippen molar-refractivity contribution in [1.82, 2.24) is 4.31 Å². The smallest absolute Gasteiger partial charge is 0.225 e. The molecule has 0 saturated carbocycles. The molecule has 0 radical (unpaired) electrons. The Kier molecular flexibility index (Phi) is 6.00. The largest absolute Gasteiger partial charge is 0.243 e. The van der Waals surface area contributed by atoms with Crippen LogP contribution < -0.4 is 5.14 Å². The van der Waals surface area contributed by atoms with Gasteiger partial charge in [0.1, 0.15) is 0 Å². The van der Waals surface area contributed by atoms with E-state index in [1.807, 2.05) is 18.2 Å². The van der Waals surface area contributed by atoms with E-state index < -0.39 is 20.0 Å². The first-order chi connectivity index (χ1) is 12.8. The zero-order valence-corrected chi connectivity index (χ0v) is 16.6. The first-order valence-corrected chi connectivity index (χ1v) is 11.9. The molecule has 0 aliphatic carbocycles. The van der Waals surface area contributed by atoms with Gasteiger partial charge in [-0.3, -0.25) is 0 Å². The van der Waals surface area contributed by atoms with E-state index in [9.17, 15) is 16.8 Å². The van der Waals surface area contributed by atoms with Crippen LogP contribution in [0.2, 0.25) is 0 Å². The van der Waals surface area contributed by atoms with Crippen molar-refractivity contribution in [2.24, 2.45) is 11.1 Å². The second kappa shape index (κ2) is 8.10. The zero-order valence-electron chi connectivity index (χ0n) is 15.0. The predicted octanol–water partition coefficient (Wildman–Crippen LogP) is 2.37. The van der Waals surface area contributed by atoms with Crippen molar-refractivity contribution in [3.63, 3.8) is 0 Å². The molecule has 1 fully saturated rings. The SMILES string of the molecule is NS(=O)(=O)c1cccc(S(=O)(=O)N2CCC(CCc3ccccc3)CC2)c1. The van der Waals surface area contributed by atoms with E-state index in [1.165, 1.54) is 28.1 Å². The summed E-state index contributed by atoms with van der Waals surface area (Å²) in [6.07, 6.45) is 3.65. The quantitative estimate of drug-likeness (QED) is 0.793. The maximum absolute atomic E-state index is 12.8. The molecule has 0 unspecified atom stereocenters. The van der Waals surface area contributed by atoms with Crippen LogP contribution in [0.15, 0.2) is 64.4 Å². The fourth-order valence-corrected chi connectivity index (χ4v) is 5.56. The third-order valence-electron chi connectivity index (χ3n) is 5.03. The van der Waals surface area contributed by atoms with Crippen LogP contribution in [-0.4, -0.2) is 34.2 Å². The van der Waals surface area contributed by atoms with Gasteiger partial charge in [0.25, 0.3) is 0 Å². The lowest BCUT2D eigenvalue weighted by Crippen LogP contribution is -2.38. The molecule has 146 valence electrons. The Morgan fingerprint density at radius 2 is 1.52 bits per heavy atom. The number of rotatable bonds is 6. The van der Waals surface area contributed by atoms with Gasteiger partial charge in [-0.25, -0.2) is 22.0 Å². The Morgan fingerprint density at radius 3 is 2.15 bits per heavy atom. The molecule has 0 spiro atoms. The summed E-state index contributed by atoms with van der Waals surface area (Å²) in [6.45, 7) is 0.892. The highest BCUT2D eigenvalue weighted by Gasteiger charge is 2.29. The van der Waals surface area contributed by atoms with E-state index in [1.54, 1.807) is 0 Å². The highest BCUT2D eigenvalue weighted by molar-refractivity contribution is 7.90. The Morgan fingerprint density at radius 1 is 0.889 bits per heavy atom. The van der Waals surface area contributed by atoms with Crippen LogP contribution in [0.1, 0.15) is 24.8 Å². The van der Waals surface area contributed by atoms with Gasteiger partial charge in [0.2, 0.25) is 20.0 Å². The van der Waals surface area contributed by atoms with Crippen molar-refractivity contribution >= 4 is 20.0 Å². The van der Waals surface area contributed by atoms with Crippen LogP contribution in [0.5, 0.6) is 0 Å². The fourth-order valence-electron chi connectivity index (χ4n) is 3.41. The van der Waals surface area contributed by atoms with Gasteiger partial charge in [0.05, 0.1) is 9.79 Å². The summed E-state index contributed by atoms with van der Waals surface area (Å²) in [6, 6.07) is 15.5. The standard InChI is InChI=1S/C19H24N2O4S2/c20-26(22,23)18-7-4-8-19(15-18)27(24,25)21-13-11-17(12-14-21)10-9-16-5-2-1-3-6-16/h1-8,15,17H,9-14H2,(H2,20,22,23). The normalized spacial score (nSPS) is 17.1. The number of sulfonamides is 2. The van der Waals surface area contributed by atoms with Crippen molar-refractivity contribution in [3.05, 3.63) is 60.2 Å². The van der Waals surface area contributed by atoms with Crippen LogP contribution in [0.4, 0.5) is 0 Å². The van der Waals surface area contributed by atoms with Gasteiger partial charge >= 0.3 is 0 Å². The Balaban J connectivity index is 1.63. The predicted molar refractivity (Wildman–Crippen MR) is 104 cm³/mol. The van der Waals surface area contributed by atoms with E-state index in [-0.39, 0.29) is 9.79 Å². The molecule has 0 atom stereocenters. The van der Waals surface area contributed by atoms with Crippen LogP contribution >= 0.6 is 0 Å². The van der Waals surface area contributed by atoms with Gasteiger partial charge in [-0.15, -0.1) is 0 Å². The van der Waals surface area contributed by atoms with Gasteiger partial charge in [0.15, 0.2) is 0 Å². The number of primary sulfonamides is 1. The van der Waals surface area contributed by atoms with Gasteiger partial charge < -0.3 is 0 Å². The number of benzene rings is 2. The van der Waals surface area contributed by atoms with Crippen molar-refractivity contribution in [2.75, 3.05) is 13.1 Å². The minimum atomic E-state index is -3.94. The van der Waals surface area contributed by atoms with Crippen LogP contribution in [0.25, 0.3) is 0 Å². The number of nitrogens with zero attached hydrogens (tertiary/aromatic N) is 1. The van der Waals surface area contributed by atoms with Crippen LogP contribution in [-0.2, 0) is 26.5 Å². The first-order valence-electron chi connectivity index (χ1n) is 8.94.